The van der Waals surface area contributed by atoms with Gasteiger partial charge in [0, 0.05) is 37.5 Å². The minimum Gasteiger partial charge on any atom is -0.477 e. The first-order chi connectivity index (χ1) is 14.0. The molecule has 0 saturated carbocycles. The monoisotopic (exact) mass is 415 g/mol. The van der Waals surface area contributed by atoms with Gasteiger partial charge in [0.05, 0.1) is 5.69 Å². The van der Waals surface area contributed by atoms with E-state index in [0.29, 0.717) is 31.6 Å². The zero-order valence-electron chi connectivity index (χ0n) is 16.6. The summed E-state index contributed by atoms with van der Waals surface area (Å²) in [6.45, 7) is 2.83. The fourth-order valence-corrected chi connectivity index (χ4v) is 4.64. The van der Waals surface area contributed by atoms with Crippen LogP contribution in [0.1, 0.15) is 35.9 Å². The first-order valence-electron chi connectivity index (χ1n) is 9.67. The van der Waals surface area contributed by atoms with E-state index in [-0.39, 0.29) is 29.3 Å². The normalized spacial score (nSPS) is 14.5. The van der Waals surface area contributed by atoms with Crippen LogP contribution in [-0.4, -0.2) is 54.1 Å². The zero-order chi connectivity index (χ0) is 21.0. The van der Waals surface area contributed by atoms with Crippen molar-refractivity contribution in [2.45, 2.75) is 32.2 Å². The quantitative estimate of drug-likeness (QED) is 0.780. The average Bonchev–Trinajstić information content (AvgIpc) is 3.19. The Bertz CT molecular complexity index is 889. The van der Waals surface area contributed by atoms with E-state index in [1.807, 2.05) is 36.4 Å². The van der Waals surface area contributed by atoms with Crippen molar-refractivity contribution in [3.63, 3.8) is 0 Å². The summed E-state index contributed by atoms with van der Waals surface area (Å²) in [6.07, 6.45) is 1.49. The van der Waals surface area contributed by atoms with E-state index in [1.54, 1.807) is 23.8 Å². The Morgan fingerprint density at radius 2 is 1.86 bits per heavy atom. The van der Waals surface area contributed by atoms with Crippen LogP contribution < -0.4 is 10.2 Å². The number of hydrogen-bond acceptors (Lipinski definition) is 4. The number of thiophene rings is 1. The molecule has 2 N–H and O–H groups in total. The van der Waals surface area contributed by atoms with Crippen LogP contribution in [-0.2, 0) is 4.79 Å². The molecular weight excluding hydrogens is 390 g/mol. The van der Waals surface area contributed by atoms with Crippen LogP contribution in [0.15, 0.2) is 36.4 Å². The number of carboxylic acids is 1. The summed E-state index contributed by atoms with van der Waals surface area (Å²) in [6, 6.07) is 11.1. The number of urea groups is 1. The van der Waals surface area contributed by atoms with Crippen LogP contribution in [0.5, 0.6) is 0 Å². The maximum atomic E-state index is 12.8. The highest BCUT2D eigenvalue weighted by molar-refractivity contribution is 7.18. The summed E-state index contributed by atoms with van der Waals surface area (Å²) >= 11 is 1.18. The van der Waals surface area contributed by atoms with Crippen molar-refractivity contribution in [1.29, 1.82) is 0 Å². The van der Waals surface area contributed by atoms with Crippen molar-refractivity contribution in [2.75, 3.05) is 25.0 Å². The number of benzene rings is 1. The number of anilines is 1. The van der Waals surface area contributed by atoms with E-state index < -0.39 is 5.97 Å². The van der Waals surface area contributed by atoms with Crippen molar-refractivity contribution in [1.82, 2.24) is 10.2 Å². The van der Waals surface area contributed by atoms with Crippen molar-refractivity contribution < 1.29 is 19.5 Å². The molecule has 0 radical (unpaired) electrons. The van der Waals surface area contributed by atoms with E-state index in [2.05, 4.69) is 5.32 Å². The molecule has 0 spiro atoms. The van der Waals surface area contributed by atoms with Gasteiger partial charge in [-0.2, -0.15) is 0 Å². The highest BCUT2D eigenvalue weighted by atomic mass is 32.1. The highest BCUT2D eigenvalue weighted by Gasteiger charge is 2.33. The summed E-state index contributed by atoms with van der Waals surface area (Å²) in [7, 11) is 1.59. The predicted molar refractivity (Wildman–Crippen MR) is 114 cm³/mol. The van der Waals surface area contributed by atoms with Gasteiger partial charge in [0.15, 0.2) is 0 Å². The van der Waals surface area contributed by atoms with E-state index >= 15 is 0 Å². The number of rotatable bonds is 5. The molecule has 1 aliphatic rings. The summed E-state index contributed by atoms with van der Waals surface area (Å²) in [5.74, 6) is -1.15. The third kappa shape index (κ3) is 4.42. The fourth-order valence-electron chi connectivity index (χ4n) is 3.65. The van der Waals surface area contributed by atoms with Crippen molar-refractivity contribution >= 4 is 34.9 Å². The van der Waals surface area contributed by atoms with Crippen LogP contribution in [0, 0.1) is 0 Å². The second-order valence-electron chi connectivity index (χ2n) is 6.89. The molecule has 2 aromatic rings. The number of likely N-dealkylation sites (tertiary alicyclic amines) is 1. The Labute approximate surface area is 173 Å². The van der Waals surface area contributed by atoms with Crippen LogP contribution in [0.4, 0.5) is 10.5 Å². The second-order valence-corrected chi connectivity index (χ2v) is 7.94. The Morgan fingerprint density at radius 1 is 1.21 bits per heavy atom. The summed E-state index contributed by atoms with van der Waals surface area (Å²) in [5.41, 5.74) is 1.37. The molecular formula is C21H25N3O4S. The van der Waals surface area contributed by atoms with Crippen LogP contribution in [0.3, 0.4) is 0 Å². The Morgan fingerprint density at radius 3 is 2.41 bits per heavy atom. The maximum Gasteiger partial charge on any atom is 0.348 e. The van der Waals surface area contributed by atoms with Crippen LogP contribution >= 0.6 is 11.3 Å². The Kier molecular flexibility index (Phi) is 6.53. The molecule has 154 valence electrons. The summed E-state index contributed by atoms with van der Waals surface area (Å²) in [4.78, 5) is 41.0. The zero-order valence-corrected chi connectivity index (χ0v) is 17.4. The fraction of sp³-hybridized carbons (Fsp3) is 0.381. The molecule has 3 amide bonds. The second kappa shape index (κ2) is 9.09. The van der Waals surface area contributed by atoms with Crippen molar-refractivity contribution in [2.24, 2.45) is 0 Å². The predicted octanol–water partition coefficient (Wildman–Crippen LogP) is 3.66. The summed E-state index contributed by atoms with van der Waals surface area (Å²) in [5, 5.41) is 12.4. The number of amides is 3. The number of carbonyl (C=O) groups excluding carboxylic acids is 2. The third-order valence-electron chi connectivity index (χ3n) is 5.13. The van der Waals surface area contributed by atoms with E-state index in [1.165, 1.54) is 11.3 Å². The maximum absolute atomic E-state index is 12.8. The van der Waals surface area contributed by atoms with Gasteiger partial charge in [-0.05, 0) is 24.5 Å². The molecule has 1 fully saturated rings. The number of hydrogen-bond donors (Lipinski definition) is 2. The van der Waals surface area contributed by atoms with Crippen molar-refractivity contribution in [3.05, 3.63) is 41.3 Å². The van der Waals surface area contributed by atoms with Gasteiger partial charge < -0.3 is 20.2 Å². The lowest BCUT2D eigenvalue weighted by Gasteiger charge is -2.38. The third-order valence-corrected chi connectivity index (χ3v) is 6.29. The molecule has 1 aliphatic heterocycles. The van der Waals surface area contributed by atoms with Gasteiger partial charge in [0.25, 0.3) is 0 Å². The lowest BCUT2D eigenvalue weighted by molar-refractivity contribution is -0.119. The van der Waals surface area contributed by atoms with Gasteiger partial charge in [-0.1, -0.05) is 37.3 Å². The Hall–Kier alpha value is -2.87. The van der Waals surface area contributed by atoms with Gasteiger partial charge in [-0.15, -0.1) is 11.3 Å². The van der Waals surface area contributed by atoms with Gasteiger partial charge in [-0.25, -0.2) is 9.59 Å². The lowest BCUT2D eigenvalue weighted by Crippen LogP contribution is -2.50. The van der Waals surface area contributed by atoms with Gasteiger partial charge in [0.2, 0.25) is 5.91 Å². The van der Waals surface area contributed by atoms with E-state index in [0.717, 1.165) is 10.4 Å². The molecule has 29 heavy (non-hydrogen) atoms. The molecule has 0 aliphatic carbocycles. The van der Waals surface area contributed by atoms with E-state index in [9.17, 15) is 19.5 Å². The number of nitrogens with one attached hydrogen (secondary N) is 1. The molecule has 7 nitrogen and oxygen atoms in total. The smallest absolute Gasteiger partial charge is 0.348 e. The standard InChI is InChI=1S/C21H25N3O4S/c1-3-18(25)24(15-9-11-23(12-10-15)21(28)22-2)16-13-17(29-19(16)20(26)27)14-7-5-4-6-8-14/h4-8,13,15H,3,9-12H2,1-2H3,(H,22,28)(H,26,27). The number of piperidine rings is 1. The minimum absolute atomic E-state index is 0.108. The molecule has 1 aromatic heterocycles. The SMILES string of the molecule is CCC(=O)N(c1cc(-c2ccccc2)sc1C(=O)O)C1CCN(C(=O)NC)CC1. The highest BCUT2D eigenvalue weighted by Crippen LogP contribution is 2.39. The topological polar surface area (TPSA) is 90.0 Å². The van der Waals surface area contributed by atoms with Crippen LogP contribution in [0.2, 0.25) is 0 Å². The van der Waals surface area contributed by atoms with Crippen LogP contribution in [0.25, 0.3) is 10.4 Å². The minimum atomic E-state index is -1.04. The first kappa shape index (κ1) is 20.9. The number of nitrogens with zero attached hydrogens (tertiary/aromatic N) is 2. The average molecular weight is 416 g/mol. The van der Waals surface area contributed by atoms with Gasteiger partial charge in [0.1, 0.15) is 4.88 Å². The molecule has 2 heterocycles. The van der Waals surface area contributed by atoms with Gasteiger partial charge >= 0.3 is 12.0 Å². The largest absolute Gasteiger partial charge is 0.477 e. The molecule has 0 bridgehead atoms. The molecule has 0 unspecified atom stereocenters. The summed E-state index contributed by atoms with van der Waals surface area (Å²) < 4.78 is 0. The first-order valence-corrected chi connectivity index (χ1v) is 10.5. The van der Waals surface area contributed by atoms with E-state index in [4.69, 9.17) is 0 Å². The molecule has 1 saturated heterocycles. The molecule has 8 heteroatoms. The molecule has 0 atom stereocenters. The number of aromatic carboxylic acids is 1. The number of carbonyl (C=O) groups is 3. The molecule has 1 aromatic carbocycles. The number of carboxylic acid groups (broad SMARTS) is 1. The molecule has 3 rings (SSSR count). The van der Waals surface area contributed by atoms with Crippen molar-refractivity contribution in [3.8, 4) is 10.4 Å². The lowest BCUT2D eigenvalue weighted by atomic mass is 10.0. The van der Waals surface area contributed by atoms with Gasteiger partial charge in [-0.3, -0.25) is 4.79 Å². The Balaban J connectivity index is 1.95.